The maximum absolute atomic E-state index is 11.7. The molecule has 7 nitrogen and oxygen atoms in total. The summed E-state index contributed by atoms with van der Waals surface area (Å²) >= 11 is 0. The van der Waals surface area contributed by atoms with Gasteiger partial charge in [0.1, 0.15) is 13.1 Å². The van der Waals surface area contributed by atoms with E-state index in [9.17, 15) is 14.4 Å². The molecule has 19 heavy (non-hydrogen) atoms. The van der Waals surface area contributed by atoms with Gasteiger partial charge in [0.25, 0.3) is 0 Å². The van der Waals surface area contributed by atoms with Crippen LogP contribution in [-0.4, -0.2) is 48.4 Å². The number of urea groups is 1. The first kappa shape index (κ1) is 17.7. The lowest BCUT2D eigenvalue weighted by Gasteiger charge is -2.18. The van der Waals surface area contributed by atoms with Crippen LogP contribution in [-0.2, 0) is 9.59 Å². The van der Waals surface area contributed by atoms with E-state index in [4.69, 9.17) is 5.73 Å². The quantitative estimate of drug-likeness (QED) is 0.555. The molecular formula is C11H21ClN4O3. The van der Waals surface area contributed by atoms with E-state index in [-0.39, 0.29) is 43.4 Å². The zero-order valence-electron chi connectivity index (χ0n) is 11.0. The highest BCUT2D eigenvalue weighted by molar-refractivity contribution is 6.03. The van der Waals surface area contributed by atoms with Crippen LogP contribution in [0, 0.1) is 0 Å². The van der Waals surface area contributed by atoms with Gasteiger partial charge >= 0.3 is 6.03 Å². The van der Waals surface area contributed by atoms with E-state index in [1.807, 2.05) is 0 Å². The smallest absolute Gasteiger partial charge is 0.325 e. The molecule has 1 fully saturated rings. The van der Waals surface area contributed by atoms with Gasteiger partial charge in [-0.2, -0.15) is 0 Å². The van der Waals surface area contributed by atoms with E-state index in [1.165, 1.54) is 4.90 Å². The molecule has 8 heteroatoms. The van der Waals surface area contributed by atoms with Crippen LogP contribution in [0.1, 0.15) is 26.2 Å². The van der Waals surface area contributed by atoms with E-state index in [0.29, 0.717) is 6.54 Å². The molecule has 0 radical (unpaired) electrons. The number of hydrogen-bond donors (Lipinski definition) is 3. The molecule has 4 amide bonds. The second-order valence-corrected chi connectivity index (χ2v) is 4.35. The Labute approximate surface area is 118 Å². The highest BCUT2D eigenvalue weighted by atomic mass is 35.5. The summed E-state index contributed by atoms with van der Waals surface area (Å²) in [6.45, 7) is 2.27. The summed E-state index contributed by atoms with van der Waals surface area (Å²) in [6, 6.07) is -0.591. The van der Waals surface area contributed by atoms with Gasteiger partial charge < -0.3 is 16.0 Å². The van der Waals surface area contributed by atoms with Gasteiger partial charge in [0.2, 0.25) is 11.8 Å². The Bertz CT molecular complexity index is 338. The first-order valence-corrected chi connectivity index (χ1v) is 6.15. The molecule has 1 rings (SSSR count). The van der Waals surface area contributed by atoms with Crippen LogP contribution in [0.25, 0.3) is 0 Å². The predicted octanol–water partition coefficient (Wildman–Crippen LogP) is -0.406. The number of rotatable bonds is 7. The average Bonchev–Trinajstić information content (AvgIpc) is 2.63. The summed E-state index contributed by atoms with van der Waals surface area (Å²) < 4.78 is 0. The SMILES string of the molecule is CCCCC(CN)NC(=O)CN1CC(=O)NC1=O.Cl. The number of nitrogens with one attached hydrogen (secondary N) is 2. The predicted molar refractivity (Wildman–Crippen MR) is 72.9 cm³/mol. The third kappa shape index (κ3) is 5.89. The molecule has 0 aromatic carbocycles. The molecule has 4 N–H and O–H groups in total. The van der Waals surface area contributed by atoms with Crippen molar-refractivity contribution in [3.05, 3.63) is 0 Å². The zero-order valence-corrected chi connectivity index (χ0v) is 11.8. The van der Waals surface area contributed by atoms with E-state index < -0.39 is 6.03 Å². The van der Waals surface area contributed by atoms with Crippen LogP contribution >= 0.6 is 12.4 Å². The standard InChI is InChI=1S/C11H20N4O3.ClH/c1-2-3-4-8(5-12)13-9(16)6-15-7-10(17)14-11(15)18;/h8H,2-7,12H2,1H3,(H,13,16)(H,14,17,18);1H. The number of halogens is 1. The minimum Gasteiger partial charge on any atom is -0.351 e. The van der Waals surface area contributed by atoms with Crippen LogP contribution < -0.4 is 16.4 Å². The van der Waals surface area contributed by atoms with Crippen molar-refractivity contribution in [1.29, 1.82) is 0 Å². The van der Waals surface area contributed by atoms with Crippen molar-refractivity contribution in [3.63, 3.8) is 0 Å². The fourth-order valence-corrected chi connectivity index (χ4v) is 1.76. The van der Waals surface area contributed by atoms with Crippen molar-refractivity contribution < 1.29 is 14.4 Å². The molecule has 110 valence electrons. The summed E-state index contributed by atoms with van der Waals surface area (Å²) in [4.78, 5) is 35.0. The zero-order chi connectivity index (χ0) is 13.5. The van der Waals surface area contributed by atoms with Crippen molar-refractivity contribution in [3.8, 4) is 0 Å². The Morgan fingerprint density at radius 2 is 2.21 bits per heavy atom. The number of imide groups is 1. The van der Waals surface area contributed by atoms with Crippen molar-refractivity contribution in [2.45, 2.75) is 32.2 Å². The molecule has 0 aromatic heterocycles. The summed E-state index contributed by atoms with van der Waals surface area (Å²) in [6.07, 6.45) is 2.85. The third-order valence-electron chi connectivity index (χ3n) is 2.76. The molecule has 1 aliphatic heterocycles. The first-order chi connectivity index (χ1) is 8.56. The summed E-state index contributed by atoms with van der Waals surface area (Å²) in [5.74, 6) is -0.666. The summed E-state index contributed by atoms with van der Waals surface area (Å²) in [7, 11) is 0. The lowest BCUT2D eigenvalue weighted by molar-refractivity contribution is -0.122. The van der Waals surface area contributed by atoms with Crippen molar-refractivity contribution in [2.75, 3.05) is 19.6 Å². The fraction of sp³-hybridized carbons (Fsp3) is 0.727. The van der Waals surface area contributed by atoms with Crippen LogP contribution in [0.4, 0.5) is 4.79 Å². The highest BCUT2D eigenvalue weighted by Crippen LogP contribution is 2.01. The van der Waals surface area contributed by atoms with E-state index >= 15 is 0 Å². The van der Waals surface area contributed by atoms with E-state index in [2.05, 4.69) is 17.6 Å². The molecule has 0 bridgehead atoms. The summed E-state index contributed by atoms with van der Waals surface area (Å²) in [5, 5.41) is 4.88. The molecule has 1 unspecified atom stereocenters. The van der Waals surface area contributed by atoms with Crippen LogP contribution in [0.15, 0.2) is 0 Å². The Kier molecular flexibility index (Phi) is 8.09. The highest BCUT2D eigenvalue weighted by Gasteiger charge is 2.28. The molecule has 1 atom stereocenters. The largest absolute Gasteiger partial charge is 0.351 e. The minimum atomic E-state index is -0.520. The van der Waals surface area contributed by atoms with Gasteiger partial charge in [0.05, 0.1) is 0 Å². The molecule has 0 spiro atoms. The maximum Gasteiger partial charge on any atom is 0.325 e. The van der Waals surface area contributed by atoms with Gasteiger partial charge in [-0.1, -0.05) is 19.8 Å². The Morgan fingerprint density at radius 1 is 1.53 bits per heavy atom. The molecule has 1 aliphatic rings. The second-order valence-electron chi connectivity index (χ2n) is 4.35. The number of nitrogens with two attached hydrogens (primary N) is 1. The van der Waals surface area contributed by atoms with Crippen molar-refractivity contribution >= 4 is 30.3 Å². The number of carbonyl (C=O) groups is 3. The molecule has 0 aromatic rings. The molecule has 1 heterocycles. The maximum atomic E-state index is 11.7. The van der Waals surface area contributed by atoms with Gasteiger partial charge in [-0.3, -0.25) is 14.9 Å². The van der Waals surface area contributed by atoms with Gasteiger partial charge in [-0.25, -0.2) is 4.79 Å². The first-order valence-electron chi connectivity index (χ1n) is 6.15. The second kappa shape index (κ2) is 8.71. The molecule has 0 saturated carbocycles. The number of carbonyl (C=O) groups excluding carboxylic acids is 3. The number of nitrogens with zero attached hydrogens (tertiary/aromatic N) is 1. The lowest BCUT2D eigenvalue weighted by Crippen LogP contribution is -2.45. The Morgan fingerprint density at radius 3 is 2.68 bits per heavy atom. The Hall–Kier alpha value is -1.34. The topological polar surface area (TPSA) is 105 Å². The summed E-state index contributed by atoms with van der Waals surface area (Å²) in [5.41, 5.74) is 5.56. The Balaban J connectivity index is 0.00000324. The van der Waals surface area contributed by atoms with Gasteiger partial charge in [0.15, 0.2) is 0 Å². The third-order valence-corrected chi connectivity index (χ3v) is 2.76. The van der Waals surface area contributed by atoms with E-state index in [0.717, 1.165) is 19.3 Å². The van der Waals surface area contributed by atoms with Crippen LogP contribution in [0.2, 0.25) is 0 Å². The molecular weight excluding hydrogens is 272 g/mol. The average molecular weight is 293 g/mol. The van der Waals surface area contributed by atoms with Crippen molar-refractivity contribution in [2.24, 2.45) is 5.73 Å². The normalized spacial score (nSPS) is 15.8. The fourth-order valence-electron chi connectivity index (χ4n) is 1.76. The lowest BCUT2D eigenvalue weighted by atomic mass is 10.1. The van der Waals surface area contributed by atoms with Gasteiger partial charge in [-0.15, -0.1) is 12.4 Å². The molecule has 0 aliphatic carbocycles. The monoisotopic (exact) mass is 292 g/mol. The number of hydrogen-bond acceptors (Lipinski definition) is 4. The van der Waals surface area contributed by atoms with Gasteiger partial charge in [0, 0.05) is 12.6 Å². The minimum absolute atomic E-state index is 0. The van der Waals surface area contributed by atoms with Gasteiger partial charge in [-0.05, 0) is 6.42 Å². The van der Waals surface area contributed by atoms with E-state index in [1.54, 1.807) is 0 Å². The molecule has 1 saturated heterocycles. The van der Waals surface area contributed by atoms with Crippen LogP contribution in [0.3, 0.4) is 0 Å². The number of amides is 4. The van der Waals surface area contributed by atoms with Crippen LogP contribution in [0.5, 0.6) is 0 Å². The number of unbranched alkanes of at least 4 members (excludes halogenated alkanes) is 1. The van der Waals surface area contributed by atoms with Crippen molar-refractivity contribution in [1.82, 2.24) is 15.5 Å².